The van der Waals surface area contributed by atoms with Crippen LogP contribution in [0.25, 0.3) is 0 Å². The molecule has 1 atom stereocenters. The van der Waals surface area contributed by atoms with Gasteiger partial charge in [0.15, 0.2) is 0 Å². The number of amides is 2. The van der Waals surface area contributed by atoms with Crippen molar-refractivity contribution >= 4 is 27.5 Å². The van der Waals surface area contributed by atoms with Crippen LogP contribution in [-0.2, 0) is 26.2 Å². The number of anilines is 1. The van der Waals surface area contributed by atoms with Crippen LogP contribution in [-0.4, -0.2) is 57.6 Å². The van der Waals surface area contributed by atoms with E-state index in [1.807, 2.05) is 58.9 Å². The van der Waals surface area contributed by atoms with Crippen LogP contribution in [0.3, 0.4) is 0 Å². The molecule has 2 aromatic rings. The summed E-state index contributed by atoms with van der Waals surface area (Å²) in [6, 6.07) is 11.9. The molecule has 198 valence electrons. The Morgan fingerprint density at radius 3 is 2.19 bits per heavy atom. The fraction of sp³-hybridized carbons (Fsp3) is 0.481. The van der Waals surface area contributed by atoms with Gasteiger partial charge in [0.05, 0.1) is 19.1 Å². The first kappa shape index (κ1) is 29.2. The lowest BCUT2D eigenvalue weighted by molar-refractivity contribution is -0.140. The third-order valence-electron chi connectivity index (χ3n) is 5.88. The number of nitrogens with zero attached hydrogens (tertiary/aromatic N) is 2. The Hall–Kier alpha value is -3.07. The molecule has 8 nitrogen and oxygen atoms in total. The Morgan fingerprint density at radius 2 is 1.69 bits per heavy atom. The molecule has 0 aromatic heterocycles. The van der Waals surface area contributed by atoms with Crippen LogP contribution < -0.4 is 14.4 Å². The molecule has 0 spiro atoms. The quantitative estimate of drug-likeness (QED) is 0.464. The number of carbonyl (C=O) groups excluding carboxylic acids is 2. The summed E-state index contributed by atoms with van der Waals surface area (Å²) >= 11 is 0. The lowest BCUT2D eigenvalue weighted by atomic mass is 10.1. The van der Waals surface area contributed by atoms with Gasteiger partial charge in [-0.1, -0.05) is 50.6 Å². The number of aryl methyl sites for hydroxylation is 2. The Kier molecular flexibility index (Phi) is 10.3. The third-order valence-corrected chi connectivity index (χ3v) is 7.01. The van der Waals surface area contributed by atoms with Gasteiger partial charge in [-0.25, -0.2) is 8.42 Å². The van der Waals surface area contributed by atoms with E-state index in [1.165, 1.54) is 4.90 Å². The molecule has 0 saturated carbocycles. The van der Waals surface area contributed by atoms with E-state index < -0.39 is 28.5 Å². The van der Waals surface area contributed by atoms with Crippen LogP contribution in [0.2, 0.25) is 0 Å². The molecule has 0 heterocycles. The molecule has 0 aliphatic carbocycles. The van der Waals surface area contributed by atoms with Crippen LogP contribution in [0.5, 0.6) is 5.75 Å². The minimum absolute atomic E-state index is 0.154. The van der Waals surface area contributed by atoms with E-state index in [9.17, 15) is 18.0 Å². The maximum atomic E-state index is 13.7. The number of rotatable bonds is 12. The van der Waals surface area contributed by atoms with Gasteiger partial charge in [0.1, 0.15) is 18.3 Å². The van der Waals surface area contributed by atoms with Gasteiger partial charge in [0, 0.05) is 13.1 Å². The Bertz CT molecular complexity index is 1150. The van der Waals surface area contributed by atoms with Crippen molar-refractivity contribution in [1.82, 2.24) is 10.2 Å². The summed E-state index contributed by atoms with van der Waals surface area (Å²) in [5.74, 6) is 0.215. The van der Waals surface area contributed by atoms with Gasteiger partial charge in [-0.3, -0.25) is 13.9 Å². The molecule has 0 radical (unpaired) electrons. The highest BCUT2D eigenvalue weighted by Crippen LogP contribution is 2.24. The molecule has 36 heavy (non-hydrogen) atoms. The highest BCUT2D eigenvalue weighted by molar-refractivity contribution is 7.92. The van der Waals surface area contributed by atoms with Crippen molar-refractivity contribution in [3.63, 3.8) is 0 Å². The number of benzene rings is 2. The lowest BCUT2D eigenvalue weighted by Gasteiger charge is -2.33. The molecule has 2 rings (SSSR count). The molecule has 0 unspecified atom stereocenters. The second-order valence-corrected chi connectivity index (χ2v) is 11.4. The number of sulfonamides is 1. The summed E-state index contributed by atoms with van der Waals surface area (Å²) in [5.41, 5.74) is 2.98. The minimum Gasteiger partial charge on any atom is -0.497 e. The van der Waals surface area contributed by atoms with Crippen LogP contribution in [0.1, 0.15) is 43.9 Å². The largest absolute Gasteiger partial charge is 0.497 e. The van der Waals surface area contributed by atoms with Gasteiger partial charge in [-0.15, -0.1) is 0 Å². The van der Waals surface area contributed by atoms with Crippen LogP contribution in [0.4, 0.5) is 5.69 Å². The van der Waals surface area contributed by atoms with Gasteiger partial charge in [-0.05, 0) is 55.5 Å². The standard InChI is InChI=1S/C27H39N3O5S/c1-8-24(27(32)28-16-19(2)3)29(17-22-10-12-23(35-6)13-11-22)26(31)18-30(36(7,33)34)25-14-9-20(4)15-21(25)5/h9-15,19,24H,8,16-18H2,1-7H3,(H,28,32)/t24-/m1/s1. The zero-order valence-electron chi connectivity index (χ0n) is 22.4. The first-order chi connectivity index (χ1) is 16.9. The summed E-state index contributed by atoms with van der Waals surface area (Å²) in [7, 11) is -2.20. The highest BCUT2D eigenvalue weighted by atomic mass is 32.2. The minimum atomic E-state index is -3.77. The summed E-state index contributed by atoms with van der Waals surface area (Å²) in [4.78, 5) is 28.3. The van der Waals surface area contributed by atoms with E-state index in [-0.39, 0.29) is 18.4 Å². The van der Waals surface area contributed by atoms with E-state index >= 15 is 0 Å². The normalized spacial score (nSPS) is 12.2. The Balaban J connectivity index is 2.45. The molecule has 2 aromatic carbocycles. The van der Waals surface area contributed by atoms with Crippen LogP contribution in [0.15, 0.2) is 42.5 Å². The SMILES string of the molecule is CC[C@H](C(=O)NCC(C)C)N(Cc1ccc(OC)cc1)C(=O)CN(c1ccc(C)cc1C)S(C)(=O)=O. The van der Waals surface area contributed by atoms with E-state index in [4.69, 9.17) is 4.74 Å². The van der Waals surface area contributed by atoms with Crippen molar-refractivity contribution in [2.24, 2.45) is 5.92 Å². The molecular formula is C27H39N3O5S. The summed E-state index contributed by atoms with van der Waals surface area (Å²) in [6.07, 6.45) is 1.47. The number of hydrogen-bond donors (Lipinski definition) is 1. The monoisotopic (exact) mass is 517 g/mol. The highest BCUT2D eigenvalue weighted by Gasteiger charge is 2.32. The molecule has 0 saturated heterocycles. The molecule has 1 N–H and O–H groups in total. The average Bonchev–Trinajstić information content (AvgIpc) is 2.81. The van der Waals surface area contributed by atoms with Crippen molar-refractivity contribution in [1.29, 1.82) is 0 Å². The second-order valence-electron chi connectivity index (χ2n) is 9.49. The number of hydrogen-bond acceptors (Lipinski definition) is 5. The van der Waals surface area contributed by atoms with E-state index in [2.05, 4.69) is 5.32 Å². The lowest BCUT2D eigenvalue weighted by Crippen LogP contribution is -2.52. The fourth-order valence-corrected chi connectivity index (χ4v) is 4.86. The van der Waals surface area contributed by atoms with Crippen molar-refractivity contribution in [2.75, 3.05) is 30.8 Å². The molecule has 2 amide bonds. The number of carbonyl (C=O) groups is 2. The van der Waals surface area contributed by atoms with Gasteiger partial charge in [0.25, 0.3) is 0 Å². The first-order valence-electron chi connectivity index (χ1n) is 12.1. The number of nitrogens with one attached hydrogen (secondary N) is 1. The molecule has 0 aliphatic heterocycles. The van der Waals surface area contributed by atoms with Crippen LogP contribution in [0, 0.1) is 19.8 Å². The van der Waals surface area contributed by atoms with Gasteiger partial charge < -0.3 is 15.0 Å². The Morgan fingerprint density at radius 1 is 1.06 bits per heavy atom. The van der Waals surface area contributed by atoms with Gasteiger partial charge >= 0.3 is 0 Å². The predicted octanol–water partition coefficient (Wildman–Crippen LogP) is 3.66. The first-order valence-corrected chi connectivity index (χ1v) is 14.0. The van der Waals surface area contributed by atoms with Crippen molar-refractivity contribution in [3.8, 4) is 5.75 Å². The van der Waals surface area contributed by atoms with Crippen molar-refractivity contribution in [3.05, 3.63) is 59.2 Å². The van der Waals surface area contributed by atoms with Crippen molar-refractivity contribution < 1.29 is 22.7 Å². The average molecular weight is 518 g/mol. The zero-order valence-corrected chi connectivity index (χ0v) is 23.2. The van der Waals surface area contributed by atoms with E-state index in [1.54, 1.807) is 25.3 Å². The Labute approximate surface area is 215 Å². The van der Waals surface area contributed by atoms with Gasteiger partial charge in [-0.2, -0.15) is 0 Å². The summed E-state index contributed by atoms with van der Waals surface area (Å²) in [5, 5.41) is 2.92. The second kappa shape index (κ2) is 12.8. The van der Waals surface area contributed by atoms with E-state index in [0.29, 0.717) is 24.4 Å². The zero-order chi connectivity index (χ0) is 27.0. The maximum absolute atomic E-state index is 13.7. The molecular weight excluding hydrogens is 478 g/mol. The maximum Gasteiger partial charge on any atom is 0.244 e. The smallest absolute Gasteiger partial charge is 0.244 e. The summed E-state index contributed by atoms with van der Waals surface area (Å²) in [6.45, 7) is 9.79. The van der Waals surface area contributed by atoms with E-state index in [0.717, 1.165) is 27.3 Å². The predicted molar refractivity (Wildman–Crippen MR) is 144 cm³/mol. The number of methoxy groups -OCH3 is 1. The van der Waals surface area contributed by atoms with Crippen LogP contribution >= 0.6 is 0 Å². The molecule has 0 fully saturated rings. The van der Waals surface area contributed by atoms with Gasteiger partial charge in [0.2, 0.25) is 21.8 Å². The molecule has 0 bridgehead atoms. The van der Waals surface area contributed by atoms with Crippen molar-refractivity contribution in [2.45, 2.75) is 53.6 Å². The topological polar surface area (TPSA) is 96.0 Å². The number of ether oxygens (including phenoxy) is 1. The third kappa shape index (κ3) is 7.98. The molecule has 9 heteroatoms. The molecule has 0 aliphatic rings. The summed E-state index contributed by atoms with van der Waals surface area (Å²) < 4.78 is 31.9. The fourth-order valence-electron chi connectivity index (χ4n) is 3.95.